The van der Waals surface area contributed by atoms with Crippen molar-refractivity contribution in [3.8, 4) is 0 Å². The molecule has 0 aromatic heterocycles. The first kappa shape index (κ1) is 16.2. The van der Waals surface area contributed by atoms with Crippen molar-refractivity contribution in [2.24, 2.45) is 5.73 Å². The summed E-state index contributed by atoms with van der Waals surface area (Å²) >= 11 is 0. The first-order valence-corrected chi connectivity index (χ1v) is 7.53. The third kappa shape index (κ3) is 3.80. The zero-order valence-electron chi connectivity index (χ0n) is 13.3. The van der Waals surface area contributed by atoms with E-state index in [1.165, 1.54) is 16.7 Å². The maximum atomic E-state index is 6.08. The molecule has 108 valence electrons. The molecule has 0 radical (unpaired) electrons. The average Bonchev–Trinajstić information content (AvgIpc) is 2.38. The predicted molar refractivity (Wildman–Crippen MR) is 84.4 cm³/mol. The minimum absolute atomic E-state index is 0.145. The highest BCUT2D eigenvalue weighted by molar-refractivity contribution is 5.28. The van der Waals surface area contributed by atoms with E-state index >= 15 is 0 Å². The van der Waals surface area contributed by atoms with Crippen molar-refractivity contribution >= 4 is 0 Å². The molecule has 2 N–H and O–H groups in total. The van der Waals surface area contributed by atoms with Crippen LogP contribution in [0.4, 0.5) is 0 Å². The minimum atomic E-state index is 0.145. The smallest absolute Gasteiger partial charge is 0.0329 e. The van der Waals surface area contributed by atoms with Crippen LogP contribution < -0.4 is 5.73 Å². The lowest BCUT2D eigenvalue weighted by Crippen LogP contribution is -2.52. The fraction of sp³-hybridized carbons (Fsp3) is 0.647. The van der Waals surface area contributed by atoms with Crippen LogP contribution in [-0.2, 0) is 6.54 Å². The second-order valence-electron chi connectivity index (χ2n) is 5.65. The summed E-state index contributed by atoms with van der Waals surface area (Å²) in [6.07, 6.45) is 2.22. The van der Waals surface area contributed by atoms with E-state index < -0.39 is 0 Å². The third-order valence-corrected chi connectivity index (χ3v) is 4.40. The number of nitrogens with zero attached hydrogens (tertiary/aromatic N) is 1. The fourth-order valence-corrected chi connectivity index (χ4v) is 3.11. The van der Waals surface area contributed by atoms with Crippen LogP contribution in [-0.4, -0.2) is 23.5 Å². The molecular formula is C17H30N2. The first-order valence-electron chi connectivity index (χ1n) is 7.53. The number of aryl methyl sites for hydroxylation is 2. The maximum Gasteiger partial charge on any atom is 0.0329 e. The zero-order valence-corrected chi connectivity index (χ0v) is 13.3. The number of hydrogen-bond acceptors (Lipinski definition) is 2. The fourth-order valence-electron chi connectivity index (χ4n) is 3.11. The average molecular weight is 262 g/mol. The van der Waals surface area contributed by atoms with Gasteiger partial charge in [0.25, 0.3) is 0 Å². The van der Waals surface area contributed by atoms with Gasteiger partial charge in [-0.05, 0) is 38.8 Å². The van der Waals surface area contributed by atoms with Crippen LogP contribution in [0.3, 0.4) is 0 Å². The van der Waals surface area contributed by atoms with E-state index in [2.05, 4.69) is 57.7 Å². The summed E-state index contributed by atoms with van der Waals surface area (Å²) in [5, 5.41) is 0. The van der Waals surface area contributed by atoms with Crippen molar-refractivity contribution in [1.29, 1.82) is 0 Å². The molecule has 0 atom stereocenters. The van der Waals surface area contributed by atoms with Crippen LogP contribution in [0.15, 0.2) is 18.2 Å². The van der Waals surface area contributed by atoms with Gasteiger partial charge in [-0.3, -0.25) is 4.90 Å². The monoisotopic (exact) mass is 262 g/mol. The van der Waals surface area contributed by atoms with Gasteiger partial charge < -0.3 is 5.73 Å². The molecule has 0 aliphatic rings. The van der Waals surface area contributed by atoms with Gasteiger partial charge in [0.05, 0.1) is 0 Å². The van der Waals surface area contributed by atoms with Crippen LogP contribution in [0.5, 0.6) is 0 Å². The van der Waals surface area contributed by atoms with Crippen LogP contribution in [0.2, 0.25) is 0 Å². The zero-order chi connectivity index (χ0) is 14.5. The van der Waals surface area contributed by atoms with Crippen molar-refractivity contribution in [2.75, 3.05) is 13.1 Å². The van der Waals surface area contributed by atoms with E-state index in [-0.39, 0.29) is 5.54 Å². The molecule has 1 aromatic rings. The normalized spacial score (nSPS) is 12.2. The van der Waals surface area contributed by atoms with Crippen LogP contribution in [0.25, 0.3) is 0 Å². The molecule has 0 saturated heterocycles. The molecule has 2 nitrogen and oxygen atoms in total. The summed E-state index contributed by atoms with van der Waals surface area (Å²) in [5.41, 5.74) is 10.3. The van der Waals surface area contributed by atoms with E-state index in [9.17, 15) is 0 Å². The standard InChI is InChI=1S/C17H30N2/c1-6-17(7-2,13-18)19(8-3)12-16-10-14(4)9-15(5)11-16/h9-11H,6-8,12-13,18H2,1-5H3. The quantitative estimate of drug-likeness (QED) is 0.813. The van der Waals surface area contributed by atoms with Crippen LogP contribution in [0, 0.1) is 13.8 Å². The highest BCUT2D eigenvalue weighted by Gasteiger charge is 2.30. The number of nitrogens with two attached hydrogens (primary N) is 1. The second kappa shape index (κ2) is 7.06. The van der Waals surface area contributed by atoms with Gasteiger partial charge in [0.15, 0.2) is 0 Å². The summed E-state index contributed by atoms with van der Waals surface area (Å²) in [6, 6.07) is 6.82. The van der Waals surface area contributed by atoms with Crippen LogP contribution >= 0.6 is 0 Å². The molecule has 0 spiro atoms. The van der Waals surface area contributed by atoms with E-state index in [4.69, 9.17) is 5.73 Å². The molecule has 0 bridgehead atoms. The molecule has 0 unspecified atom stereocenters. The second-order valence-corrected chi connectivity index (χ2v) is 5.65. The molecular weight excluding hydrogens is 232 g/mol. The summed E-state index contributed by atoms with van der Waals surface area (Å²) in [6.45, 7) is 13.9. The largest absolute Gasteiger partial charge is 0.329 e. The van der Waals surface area contributed by atoms with Crippen molar-refractivity contribution < 1.29 is 0 Å². The highest BCUT2D eigenvalue weighted by atomic mass is 15.2. The highest BCUT2D eigenvalue weighted by Crippen LogP contribution is 2.25. The number of likely N-dealkylation sites (N-methyl/N-ethyl adjacent to an activating group) is 1. The van der Waals surface area contributed by atoms with E-state index in [0.717, 1.165) is 32.5 Å². The predicted octanol–water partition coefficient (Wildman–Crippen LogP) is 3.64. The first-order chi connectivity index (χ1) is 9.01. The van der Waals surface area contributed by atoms with E-state index in [1.807, 2.05) is 0 Å². The topological polar surface area (TPSA) is 29.3 Å². The number of benzene rings is 1. The van der Waals surface area contributed by atoms with Gasteiger partial charge in [0, 0.05) is 18.6 Å². The molecule has 0 aliphatic carbocycles. The Kier molecular flexibility index (Phi) is 6.02. The maximum absolute atomic E-state index is 6.08. The van der Waals surface area contributed by atoms with E-state index in [1.54, 1.807) is 0 Å². The lowest BCUT2D eigenvalue weighted by atomic mass is 9.90. The third-order valence-electron chi connectivity index (χ3n) is 4.40. The van der Waals surface area contributed by atoms with Gasteiger partial charge in [0.2, 0.25) is 0 Å². The van der Waals surface area contributed by atoms with Gasteiger partial charge in [-0.25, -0.2) is 0 Å². The van der Waals surface area contributed by atoms with Gasteiger partial charge in [-0.1, -0.05) is 50.1 Å². The molecule has 0 saturated carbocycles. The van der Waals surface area contributed by atoms with Gasteiger partial charge in [-0.15, -0.1) is 0 Å². The lowest BCUT2D eigenvalue weighted by Gasteiger charge is -2.42. The molecule has 0 amide bonds. The Morgan fingerprint density at radius 2 is 1.53 bits per heavy atom. The van der Waals surface area contributed by atoms with Crippen LogP contribution in [0.1, 0.15) is 50.3 Å². The van der Waals surface area contributed by atoms with Crippen molar-refractivity contribution in [1.82, 2.24) is 4.90 Å². The van der Waals surface area contributed by atoms with Gasteiger partial charge in [-0.2, -0.15) is 0 Å². The molecule has 19 heavy (non-hydrogen) atoms. The number of hydrogen-bond donors (Lipinski definition) is 1. The molecule has 0 fully saturated rings. The molecule has 1 aromatic carbocycles. The molecule has 0 heterocycles. The Labute approximate surface area is 119 Å². The van der Waals surface area contributed by atoms with E-state index in [0.29, 0.717) is 0 Å². The van der Waals surface area contributed by atoms with Crippen molar-refractivity contribution in [2.45, 2.75) is 59.5 Å². The Bertz CT molecular complexity index is 366. The summed E-state index contributed by atoms with van der Waals surface area (Å²) in [5.74, 6) is 0. The van der Waals surface area contributed by atoms with Crippen molar-refractivity contribution in [3.63, 3.8) is 0 Å². The Morgan fingerprint density at radius 3 is 1.89 bits per heavy atom. The molecule has 2 heteroatoms. The lowest BCUT2D eigenvalue weighted by molar-refractivity contribution is 0.0828. The Morgan fingerprint density at radius 1 is 1.00 bits per heavy atom. The summed E-state index contributed by atoms with van der Waals surface area (Å²) in [4.78, 5) is 2.54. The number of rotatable bonds is 7. The van der Waals surface area contributed by atoms with Gasteiger partial charge in [0.1, 0.15) is 0 Å². The summed E-state index contributed by atoms with van der Waals surface area (Å²) < 4.78 is 0. The summed E-state index contributed by atoms with van der Waals surface area (Å²) in [7, 11) is 0. The Hall–Kier alpha value is -0.860. The van der Waals surface area contributed by atoms with Gasteiger partial charge >= 0.3 is 0 Å². The minimum Gasteiger partial charge on any atom is -0.329 e. The SMILES string of the molecule is CCN(Cc1cc(C)cc(C)c1)C(CC)(CC)CN. The van der Waals surface area contributed by atoms with Crippen molar-refractivity contribution in [3.05, 3.63) is 34.9 Å². The molecule has 0 aliphatic heterocycles. The Balaban J connectivity index is 2.98. The molecule has 1 rings (SSSR count).